The zero-order valence-electron chi connectivity index (χ0n) is 14.7. The summed E-state index contributed by atoms with van der Waals surface area (Å²) in [5.74, 6) is 0.0867. The number of nitrogens with one attached hydrogen (secondary N) is 3. The molecule has 6 heteroatoms. The molecule has 28 heavy (non-hydrogen) atoms. The zero-order valence-corrected chi connectivity index (χ0v) is 15.5. The van der Waals surface area contributed by atoms with Gasteiger partial charge in [0, 0.05) is 32.4 Å². The Labute approximate surface area is 165 Å². The average molecular weight is 387 g/mol. The fourth-order valence-electron chi connectivity index (χ4n) is 3.38. The van der Waals surface area contributed by atoms with Crippen LogP contribution in [0.1, 0.15) is 5.56 Å². The number of amides is 1. The van der Waals surface area contributed by atoms with Crippen molar-refractivity contribution in [3.05, 3.63) is 77.8 Å². The van der Waals surface area contributed by atoms with E-state index in [2.05, 4.69) is 26.8 Å². The van der Waals surface area contributed by atoms with E-state index in [1.807, 2.05) is 60.7 Å². The molecule has 0 unspecified atom stereocenters. The minimum absolute atomic E-state index is 0.309. The van der Waals surface area contributed by atoms with Crippen molar-refractivity contribution in [3.63, 3.8) is 0 Å². The number of fused-ring (bicyclic) bond motifs is 4. The highest BCUT2D eigenvalue weighted by atomic mass is 35.5. The van der Waals surface area contributed by atoms with Crippen LogP contribution in [0.25, 0.3) is 38.4 Å². The molecule has 0 bridgehead atoms. The maximum absolute atomic E-state index is 12.7. The zero-order chi connectivity index (χ0) is 19.3. The Bertz CT molecular complexity index is 1360. The molecule has 0 fully saturated rings. The van der Waals surface area contributed by atoms with Gasteiger partial charge in [0.2, 0.25) is 5.95 Å². The Morgan fingerprint density at radius 2 is 1.68 bits per heavy atom. The van der Waals surface area contributed by atoms with E-state index in [0.717, 1.165) is 38.4 Å². The number of nitrogens with zero attached hydrogens (tertiary/aromatic N) is 1. The first-order chi connectivity index (χ1) is 13.6. The van der Waals surface area contributed by atoms with E-state index in [0.29, 0.717) is 16.5 Å². The highest BCUT2D eigenvalue weighted by Crippen LogP contribution is 2.30. The van der Waals surface area contributed by atoms with Crippen LogP contribution in [0.3, 0.4) is 0 Å². The summed E-state index contributed by atoms with van der Waals surface area (Å²) in [5, 5.41) is 5.45. The van der Waals surface area contributed by atoms with Crippen LogP contribution in [0.15, 0.2) is 67.2 Å². The molecule has 5 rings (SSSR count). The first kappa shape index (κ1) is 16.6. The third kappa shape index (κ3) is 2.73. The summed E-state index contributed by atoms with van der Waals surface area (Å²) in [7, 11) is 0. The smallest absolute Gasteiger partial charge is 0.257 e. The number of imidazole rings is 1. The molecule has 5 nitrogen and oxygen atoms in total. The van der Waals surface area contributed by atoms with Crippen molar-refractivity contribution in [2.75, 3.05) is 5.32 Å². The van der Waals surface area contributed by atoms with Crippen LogP contribution in [0.2, 0.25) is 5.02 Å². The van der Waals surface area contributed by atoms with E-state index >= 15 is 0 Å². The van der Waals surface area contributed by atoms with Gasteiger partial charge in [0.25, 0.3) is 5.91 Å². The van der Waals surface area contributed by atoms with Crippen LogP contribution in [-0.2, 0) is 4.79 Å². The van der Waals surface area contributed by atoms with Crippen molar-refractivity contribution in [1.29, 1.82) is 0 Å². The monoisotopic (exact) mass is 386 g/mol. The number of carbonyl (C=O) groups excluding carboxylic acids is 1. The fraction of sp³-hybridized carbons (Fsp3) is 0. The van der Waals surface area contributed by atoms with Gasteiger partial charge in [0.15, 0.2) is 0 Å². The molecule has 0 aliphatic heterocycles. The number of rotatable bonds is 3. The van der Waals surface area contributed by atoms with E-state index in [9.17, 15) is 4.79 Å². The second-order valence-corrected chi connectivity index (χ2v) is 7.05. The predicted molar refractivity (Wildman–Crippen MR) is 115 cm³/mol. The van der Waals surface area contributed by atoms with E-state index < -0.39 is 0 Å². The van der Waals surface area contributed by atoms with Gasteiger partial charge < -0.3 is 9.97 Å². The molecule has 136 valence electrons. The van der Waals surface area contributed by atoms with Gasteiger partial charge in [-0.15, -0.1) is 0 Å². The van der Waals surface area contributed by atoms with Crippen molar-refractivity contribution in [2.45, 2.75) is 0 Å². The summed E-state index contributed by atoms with van der Waals surface area (Å²) >= 11 is 6.15. The summed E-state index contributed by atoms with van der Waals surface area (Å²) in [6.45, 7) is 3.97. The molecule has 2 aromatic heterocycles. The summed E-state index contributed by atoms with van der Waals surface area (Å²) in [4.78, 5) is 23.5. The summed E-state index contributed by atoms with van der Waals surface area (Å²) in [6, 6.07) is 19.1. The Morgan fingerprint density at radius 3 is 2.50 bits per heavy atom. The maximum Gasteiger partial charge on any atom is 0.257 e. The average Bonchev–Trinajstić information content (AvgIpc) is 3.27. The van der Waals surface area contributed by atoms with Crippen LogP contribution >= 0.6 is 11.6 Å². The van der Waals surface area contributed by atoms with Crippen molar-refractivity contribution in [3.8, 4) is 0 Å². The van der Waals surface area contributed by atoms with Crippen molar-refractivity contribution in [1.82, 2.24) is 15.0 Å². The topological polar surface area (TPSA) is 73.6 Å². The third-order valence-corrected chi connectivity index (χ3v) is 5.04. The molecule has 0 saturated carbocycles. The number of halogens is 1. The van der Waals surface area contributed by atoms with Crippen LogP contribution in [0.5, 0.6) is 0 Å². The van der Waals surface area contributed by atoms with Gasteiger partial charge in [0.1, 0.15) is 0 Å². The van der Waals surface area contributed by atoms with Crippen LogP contribution in [0, 0.1) is 0 Å². The number of aromatic amines is 2. The van der Waals surface area contributed by atoms with Gasteiger partial charge in [0.05, 0.1) is 11.0 Å². The van der Waals surface area contributed by atoms with E-state index in [1.54, 1.807) is 0 Å². The predicted octanol–water partition coefficient (Wildman–Crippen LogP) is 5.50. The lowest BCUT2D eigenvalue weighted by atomic mass is 10.0. The Hall–Kier alpha value is -3.57. The Kier molecular flexibility index (Phi) is 3.70. The quantitative estimate of drug-likeness (QED) is 0.358. The summed E-state index contributed by atoms with van der Waals surface area (Å²) in [5.41, 5.74) is 4.72. The first-order valence-corrected chi connectivity index (χ1v) is 9.13. The lowest BCUT2D eigenvalue weighted by Gasteiger charge is -2.06. The van der Waals surface area contributed by atoms with E-state index in [4.69, 9.17) is 11.6 Å². The van der Waals surface area contributed by atoms with Crippen molar-refractivity contribution < 1.29 is 4.79 Å². The lowest BCUT2D eigenvalue weighted by Crippen LogP contribution is -2.13. The first-order valence-electron chi connectivity index (χ1n) is 8.75. The van der Waals surface area contributed by atoms with E-state index in [-0.39, 0.29) is 5.91 Å². The van der Waals surface area contributed by atoms with Gasteiger partial charge in [-0.25, -0.2) is 4.98 Å². The number of hydrogen-bond donors (Lipinski definition) is 3. The number of carbonyl (C=O) groups is 1. The maximum atomic E-state index is 12.7. The minimum atomic E-state index is -0.309. The molecule has 0 saturated heterocycles. The molecular weight excluding hydrogens is 372 g/mol. The lowest BCUT2D eigenvalue weighted by molar-refractivity contribution is -0.111. The molecule has 3 aromatic carbocycles. The molecule has 0 radical (unpaired) electrons. The molecule has 0 spiro atoms. The highest BCUT2D eigenvalue weighted by molar-refractivity contribution is 6.32. The van der Waals surface area contributed by atoms with Gasteiger partial charge >= 0.3 is 0 Å². The summed E-state index contributed by atoms with van der Waals surface area (Å²) in [6.07, 6.45) is 0. The number of benzene rings is 3. The summed E-state index contributed by atoms with van der Waals surface area (Å²) < 4.78 is 0. The standard InChI is InChI=1S/C22H15ClN4O/c1-12(21(28)27-22-25-19-4-2-3-5-20(19)26-22)13-6-8-17-15(10-13)16-11-14(23)7-9-18(16)24-17/h2-11,24H,1H2,(H2,25,26,27,28). The molecule has 3 N–H and O–H groups in total. The van der Waals surface area contributed by atoms with Gasteiger partial charge in [-0.05, 0) is 48.0 Å². The van der Waals surface area contributed by atoms with E-state index in [1.165, 1.54) is 0 Å². The number of anilines is 1. The fourth-order valence-corrected chi connectivity index (χ4v) is 3.56. The molecule has 1 amide bonds. The number of para-hydroxylation sites is 2. The minimum Gasteiger partial charge on any atom is -0.355 e. The molecule has 2 heterocycles. The molecule has 0 aliphatic carbocycles. The second-order valence-electron chi connectivity index (χ2n) is 6.61. The molecule has 5 aromatic rings. The highest BCUT2D eigenvalue weighted by Gasteiger charge is 2.14. The normalized spacial score (nSPS) is 11.3. The van der Waals surface area contributed by atoms with Crippen molar-refractivity contribution >= 4 is 61.9 Å². The molecular formula is C22H15ClN4O. The SMILES string of the molecule is C=C(C(=O)Nc1nc2ccccc2[nH]1)c1ccc2[nH]c3ccc(Cl)cc3c2c1. The number of H-pyrrole nitrogens is 2. The van der Waals surface area contributed by atoms with Crippen LogP contribution in [0.4, 0.5) is 5.95 Å². The molecule has 0 aliphatic rings. The second kappa shape index (κ2) is 6.25. The van der Waals surface area contributed by atoms with Crippen LogP contribution < -0.4 is 5.32 Å². The van der Waals surface area contributed by atoms with Crippen molar-refractivity contribution in [2.24, 2.45) is 0 Å². The molecule has 0 atom stereocenters. The largest absolute Gasteiger partial charge is 0.355 e. The Morgan fingerprint density at radius 1 is 0.929 bits per heavy atom. The van der Waals surface area contributed by atoms with Gasteiger partial charge in [-0.1, -0.05) is 36.4 Å². The Balaban J connectivity index is 1.48. The third-order valence-electron chi connectivity index (χ3n) is 4.80. The number of hydrogen-bond acceptors (Lipinski definition) is 2. The van der Waals surface area contributed by atoms with Crippen LogP contribution in [-0.4, -0.2) is 20.9 Å². The van der Waals surface area contributed by atoms with Gasteiger partial charge in [-0.3, -0.25) is 10.1 Å². The number of aromatic nitrogens is 3. The van der Waals surface area contributed by atoms with Gasteiger partial charge in [-0.2, -0.15) is 0 Å².